The number of nitrogens with two attached hydrogens (primary N) is 2. The molecule has 6 rings (SSSR count). The molecule has 0 saturated carbocycles. The molecule has 11 heteroatoms. The summed E-state index contributed by atoms with van der Waals surface area (Å²) in [5, 5.41) is 15.9. The van der Waals surface area contributed by atoms with Crippen molar-refractivity contribution in [2.75, 3.05) is 36.2 Å². The number of rotatable bonds is 13. The van der Waals surface area contributed by atoms with Crippen LogP contribution >= 0.6 is 0 Å². The number of hydrogen-bond acceptors (Lipinski definition) is 11. The van der Waals surface area contributed by atoms with Crippen LogP contribution in [0.15, 0.2) is 109 Å². The number of benzene rings is 4. The van der Waals surface area contributed by atoms with Crippen molar-refractivity contribution in [3.8, 4) is 17.2 Å². The lowest BCUT2D eigenvalue weighted by molar-refractivity contribution is 0.315. The number of nitrogens with one attached hydrogen (secondary N) is 2. The molecule has 0 aliphatic heterocycles. The van der Waals surface area contributed by atoms with Gasteiger partial charge in [-0.3, -0.25) is 9.80 Å². The van der Waals surface area contributed by atoms with Crippen LogP contribution in [0.3, 0.4) is 0 Å². The van der Waals surface area contributed by atoms with Crippen molar-refractivity contribution in [1.29, 1.82) is 5.26 Å². The maximum Gasteiger partial charge on any atom is 0.222 e. The summed E-state index contributed by atoms with van der Waals surface area (Å²) < 4.78 is 0. The van der Waals surface area contributed by atoms with Gasteiger partial charge in [-0.1, -0.05) is 66.7 Å². The largest absolute Gasteiger partial charge is 0.368 e. The lowest BCUT2D eigenvalue weighted by Gasteiger charge is -2.18. The molecule has 2 aromatic heterocycles. The molecule has 256 valence electrons. The van der Waals surface area contributed by atoms with E-state index < -0.39 is 0 Å². The molecule has 0 fully saturated rings. The van der Waals surface area contributed by atoms with Crippen molar-refractivity contribution in [2.24, 2.45) is 0 Å². The summed E-state index contributed by atoms with van der Waals surface area (Å²) >= 11 is 0. The highest BCUT2D eigenvalue weighted by Crippen LogP contribution is 2.28. The topological polar surface area (TPSA) is 158 Å². The van der Waals surface area contributed by atoms with Gasteiger partial charge in [-0.25, -0.2) is 9.97 Å². The molecule has 6 N–H and O–H groups in total. The molecule has 2 heterocycles. The molecular weight excluding hydrogens is 635 g/mol. The van der Waals surface area contributed by atoms with E-state index in [-0.39, 0.29) is 11.9 Å². The first kappa shape index (κ1) is 34.5. The van der Waals surface area contributed by atoms with Crippen LogP contribution in [0.5, 0.6) is 0 Å². The van der Waals surface area contributed by atoms with Gasteiger partial charge < -0.3 is 22.1 Å². The van der Waals surface area contributed by atoms with Crippen molar-refractivity contribution in [2.45, 2.75) is 33.1 Å². The number of aryl methyl sites for hydroxylation is 1. The maximum atomic E-state index is 9.20. The molecule has 0 spiro atoms. The van der Waals surface area contributed by atoms with Crippen LogP contribution in [0.2, 0.25) is 0 Å². The second-order valence-electron chi connectivity index (χ2n) is 12.7. The summed E-state index contributed by atoms with van der Waals surface area (Å²) in [5.74, 6) is 1.67. The van der Waals surface area contributed by atoms with E-state index in [9.17, 15) is 5.26 Å². The minimum Gasteiger partial charge on any atom is -0.368 e. The molecule has 0 amide bonds. The Morgan fingerprint density at radius 1 is 0.608 bits per heavy atom. The van der Waals surface area contributed by atoms with Crippen LogP contribution in [-0.2, 0) is 26.2 Å². The second kappa shape index (κ2) is 15.9. The number of nitrogens with zero attached hydrogens (tertiary/aromatic N) is 7. The second-order valence-corrected chi connectivity index (χ2v) is 12.7. The Labute approximate surface area is 298 Å². The smallest absolute Gasteiger partial charge is 0.222 e. The van der Waals surface area contributed by atoms with E-state index in [0.717, 1.165) is 52.5 Å². The Balaban J connectivity index is 1.06. The SMILES string of the molecule is Cc1cc(-c2ccc(CN(C)Cc3cc(Nc4cccc(C#N)c4)nc(N)n3)cc2)ccc1Nc1cc(CN(C)Cc2ccccc2)nc(N)n1. The van der Waals surface area contributed by atoms with E-state index in [1.165, 1.54) is 11.1 Å². The van der Waals surface area contributed by atoms with E-state index in [1.54, 1.807) is 12.1 Å². The molecule has 0 radical (unpaired) electrons. The molecule has 0 saturated heterocycles. The zero-order valence-electron chi connectivity index (χ0n) is 29.0. The van der Waals surface area contributed by atoms with Crippen LogP contribution in [0.4, 0.5) is 34.9 Å². The van der Waals surface area contributed by atoms with Gasteiger partial charge in [-0.2, -0.15) is 15.2 Å². The van der Waals surface area contributed by atoms with E-state index in [0.29, 0.717) is 30.3 Å². The Hall–Kier alpha value is -6.35. The van der Waals surface area contributed by atoms with E-state index in [2.05, 4.69) is 115 Å². The third-order valence-electron chi connectivity index (χ3n) is 8.25. The van der Waals surface area contributed by atoms with Gasteiger partial charge in [0, 0.05) is 49.7 Å². The lowest BCUT2D eigenvalue weighted by Crippen LogP contribution is -2.18. The number of hydrogen-bond donors (Lipinski definition) is 4. The van der Waals surface area contributed by atoms with Crippen LogP contribution in [0.25, 0.3) is 11.1 Å². The van der Waals surface area contributed by atoms with Gasteiger partial charge in [0.15, 0.2) is 0 Å². The van der Waals surface area contributed by atoms with E-state index in [1.807, 2.05) is 49.5 Å². The van der Waals surface area contributed by atoms with Crippen LogP contribution in [0, 0.1) is 18.3 Å². The van der Waals surface area contributed by atoms with Crippen molar-refractivity contribution in [1.82, 2.24) is 29.7 Å². The molecule has 11 nitrogen and oxygen atoms in total. The quantitative estimate of drug-likeness (QED) is 0.0996. The fourth-order valence-corrected chi connectivity index (χ4v) is 5.94. The molecular formula is C40H41N11. The van der Waals surface area contributed by atoms with Gasteiger partial charge in [0.25, 0.3) is 0 Å². The molecule has 0 aliphatic rings. The van der Waals surface area contributed by atoms with Gasteiger partial charge >= 0.3 is 0 Å². The molecule has 0 aliphatic carbocycles. The third-order valence-corrected chi connectivity index (χ3v) is 8.25. The highest BCUT2D eigenvalue weighted by Gasteiger charge is 2.11. The molecule has 0 bridgehead atoms. The lowest BCUT2D eigenvalue weighted by atomic mass is 10.0. The fraction of sp³-hybridized carbons (Fsp3) is 0.175. The standard InChI is InChI=1S/C40H41N11/c1-27-18-32(16-17-36(27)47-38-21-35(46-40(43)49-38)26-50(2)23-28-8-5-4-6-9-28)31-14-12-29(13-15-31)24-51(3)25-34-20-37(48-39(42)45-34)44-33-11-7-10-30(19-33)22-41/h4-21H,23-26H2,1-3H3,(H3,42,44,45,48)(H3,43,46,47,49). The average Bonchev–Trinajstić information content (AvgIpc) is 3.09. The van der Waals surface area contributed by atoms with Gasteiger partial charge in [-0.05, 0) is 79.2 Å². The Kier molecular flexibility index (Phi) is 10.8. The zero-order chi connectivity index (χ0) is 35.7. The predicted octanol–water partition coefficient (Wildman–Crippen LogP) is 7.03. The first-order chi connectivity index (χ1) is 24.7. The first-order valence-corrected chi connectivity index (χ1v) is 16.6. The first-order valence-electron chi connectivity index (χ1n) is 16.6. The van der Waals surface area contributed by atoms with Crippen molar-refractivity contribution < 1.29 is 0 Å². The van der Waals surface area contributed by atoms with Gasteiger partial charge in [0.2, 0.25) is 11.9 Å². The van der Waals surface area contributed by atoms with Crippen molar-refractivity contribution in [3.05, 3.63) is 143 Å². The minimum atomic E-state index is 0.189. The number of nitrogen functional groups attached to an aromatic ring is 2. The molecule has 51 heavy (non-hydrogen) atoms. The van der Waals surface area contributed by atoms with Crippen LogP contribution in [-0.4, -0.2) is 43.8 Å². The highest BCUT2D eigenvalue weighted by molar-refractivity contribution is 5.71. The average molecular weight is 676 g/mol. The maximum absolute atomic E-state index is 9.20. The molecule has 0 unspecified atom stereocenters. The molecule has 4 aromatic carbocycles. The summed E-state index contributed by atoms with van der Waals surface area (Å²) in [6.07, 6.45) is 0. The summed E-state index contributed by atoms with van der Waals surface area (Å²) in [7, 11) is 4.11. The van der Waals surface area contributed by atoms with Crippen molar-refractivity contribution >= 4 is 34.9 Å². The summed E-state index contributed by atoms with van der Waals surface area (Å²) in [5.41, 5.74) is 21.8. The zero-order valence-corrected chi connectivity index (χ0v) is 29.0. The highest BCUT2D eigenvalue weighted by atomic mass is 15.1. The van der Waals surface area contributed by atoms with Gasteiger partial charge in [0.05, 0.1) is 23.0 Å². The monoisotopic (exact) mass is 675 g/mol. The predicted molar refractivity (Wildman–Crippen MR) is 204 cm³/mol. The number of nitriles is 1. The normalized spacial score (nSPS) is 11.1. The number of anilines is 6. The van der Waals surface area contributed by atoms with Crippen LogP contribution in [0.1, 0.15) is 33.6 Å². The molecule has 0 atom stereocenters. The molecule has 6 aromatic rings. The minimum absolute atomic E-state index is 0.189. The Morgan fingerprint density at radius 2 is 1.20 bits per heavy atom. The van der Waals surface area contributed by atoms with Gasteiger partial charge in [0.1, 0.15) is 11.6 Å². The summed E-state index contributed by atoms with van der Waals surface area (Å²) in [6.45, 7) is 4.85. The van der Waals surface area contributed by atoms with Crippen molar-refractivity contribution in [3.63, 3.8) is 0 Å². The summed E-state index contributed by atoms with van der Waals surface area (Å²) in [4.78, 5) is 22.0. The Bertz CT molecular complexity index is 2140. The summed E-state index contributed by atoms with van der Waals surface area (Å²) in [6, 6.07) is 38.5. The van der Waals surface area contributed by atoms with Gasteiger partial charge in [-0.15, -0.1) is 0 Å². The number of aromatic nitrogens is 4. The third kappa shape index (κ3) is 9.64. The van der Waals surface area contributed by atoms with Crippen LogP contribution < -0.4 is 22.1 Å². The van der Waals surface area contributed by atoms with E-state index >= 15 is 0 Å². The Morgan fingerprint density at radius 3 is 1.80 bits per heavy atom. The van der Waals surface area contributed by atoms with E-state index in [4.69, 9.17) is 11.5 Å². The fourth-order valence-electron chi connectivity index (χ4n) is 5.94.